The second-order valence-electron chi connectivity index (χ2n) is 4.35. The topological polar surface area (TPSA) is 29.9 Å². The van der Waals surface area contributed by atoms with E-state index in [1.54, 1.807) is 0 Å². The first-order valence-electron chi connectivity index (χ1n) is 5.34. The van der Waals surface area contributed by atoms with E-state index >= 15 is 0 Å². The van der Waals surface area contributed by atoms with Gasteiger partial charge in [-0.3, -0.25) is 4.68 Å². The number of aromatic nitrogens is 2. The van der Waals surface area contributed by atoms with Crippen LogP contribution in [0.25, 0.3) is 0 Å². The van der Waals surface area contributed by atoms with Crippen LogP contribution in [0.3, 0.4) is 0 Å². The first-order chi connectivity index (χ1) is 6.65. The maximum absolute atomic E-state index is 4.50. The molecule has 1 aromatic rings. The lowest BCUT2D eigenvalue weighted by molar-refractivity contribution is 0.358. The number of nitrogens with one attached hydrogen (secondary N) is 1. The van der Waals surface area contributed by atoms with E-state index < -0.39 is 0 Å². The van der Waals surface area contributed by atoms with Gasteiger partial charge in [-0.15, -0.1) is 0 Å². The van der Waals surface area contributed by atoms with Gasteiger partial charge >= 0.3 is 0 Å². The second kappa shape index (κ2) is 3.39. The summed E-state index contributed by atoms with van der Waals surface area (Å²) in [5.74, 6) is 0.718. The summed E-state index contributed by atoms with van der Waals surface area (Å²) in [6.07, 6.45) is 2.43. The van der Waals surface area contributed by atoms with Gasteiger partial charge in [0.05, 0.1) is 5.69 Å². The van der Waals surface area contributed by atoms with Crippen LogP contribution in [0.4, 0.5) is 0 Å². The van der Waals surface area contributed by atoms with Crippen LogP contribution in [0.1, 0.15) is 36.3 Å². The fraction of sp³-hybridized carbons (Fsp3) is 0.727. The van der Waals surface area contributed by atoms with Gasteiger partial charge in [0.1, 0.15) is 0 Å². The summed E-state index contributed by atoms with van der Waals surface area (Å²) in [6, 6.07) is 0.493. The molecule has 0 saturated heterocycles. The zero-order chi connectivity index (χ0) is 10.3. The summed E-state index contributed by atoms with van der Waals surface area (Å²) in [5.41, 5.74) is 4.04. The van der Waals surface area contributed by atoms with Crippen molar-refractivity contribution in [3.05, 3.63) is 17.0 Å². The molecule has 0 bridgehead atoms. The van der Waals surface area contributed by atoms with Crippen molar-refractivity contribution in [3.63, 3.8) is 0 Å². The highest BCUT2D eigenvalue weighted by molar-refractivity contribution is 5.32. The van der Waals surface area contributed by atoms with E-state index in [4.69, 9.17) is 0 Å². The number of hydrogen-bond donors (Lipinski definition) is 1. The van der Waals surface area contributed by atoms with Crippen molar-refractivity contribution < 1.29 is 0 Å². The molecule has 1 aliphatic carbocycles. The number of hydrogen-bond acceptors (Lipinski definition) is 2. The number of rotatable bonds is 1. The normalized spacial score (nSPS) is 26.3. The first-order valence-corrected chi connectivity index (χ1v) is 5.34. The van der Waals surface area contributed by atoms with Crippen LogP contribution in [0, 0.1) is 12.8 Å². The standard InChI is InChI=1S/C11H19N3/c1-7-5-6-9-10(11(7)12-3)8(2)13-14(9)4/h7,11-12H,5-6H2,1-4H3. The number of nitrogens with zero attached hydrogens (tertiary/aromatic N) is 2. The lowest BCUT2D eigenvalue weighted by Gasteiger charge is -2.29. The molecule has 1 aromatic heterocycles. The van der Waals surface area contributed by atoms with Crippen molar-refractivity contribution >= 4 is 0 Å². The molecule has 14 heavy (non-hydrogen) atoms. The van der Waals surface area contributed by atoms with E-state index in [0.29, 0.717) is 6.04 Å². The molecule has 2 unspecified atom stereocenters. The maximum atomic E-state index is 4.50. The molecular formula is C11H19N3. The Balaban J connectivity index is 2.50. The Morgan fingerprint density at radius 3 is 2.86 bits per heavy atom. The Bertz CT molecular complexity index is 341. The van der Waals surface area contributed by atoms with Crippen LogP contribution in [0.2, 0.25) is 0 Å². The van der Waals surface area contributed by atoms with Crippen LogP contribution in [-0.2, 0) is 13.5 Å². The van der Waals surface area contributed by atoms with Crippen LogP contribution >= 0.6 is 0 Å². The van der Waals surface area contributed by atoms with E-state index in [-0.39, 0.29) is 0 Å². The molecule has 3 heteroatoms. The molecule has 0 radical (unpaired) electrons. The summed E-state index contributed by atoms with van der Waals surface area (Å²) < 4.78 is 2.04. The predicted molar refractivity (Wildman–Crippen MR) is 57.2 cm³/mol. The molecule has 3 nitrogen and oxygen atoms in total. The van der Waals surface area contributed by atoms with Crippen LogP contribution in [0.5, 0.6) is 0 Å². The number of fused-ring (bicyclic) bond motifs is 1. The van der Waals surface area contributed by atoms with Crippen molar-refractivity contribution in [2.45, 2.75) is 32.7 Å². The predicted octanol–water partition coefficient (Wildman–Crippen LogP) is 1.57. The fourth-order valence-electron chi connectivity index (χ4n) is 2.67. The summed E-state index contributed by atoms with van der Waals surface area (Å²) in [5, 5.41) is 7.91. The Morgan fingerprint density at radius 1 is 1.50 bits per heavy atom. The van der Waals surface area contributed by atoms with Crippen molar-refractivity contribution in [2.75, 3.05) is 7.05 Å². The van der Waals surface area contributed by atoms with E-state index in [1.807, 2.05) is 11.7 Å². The first kappa shape index (κ1) is 9.71. The highest BCUT2D eigenvalue weighted by Crippen LogP contribution is 2.35. The summed E-state index contributed by atoms with van der Waals surface area (Å²) in [6.45, 7) is 4.43. The van der Waals surface area contributed by atoms with Crippen molar-refractivity contribution in [1.29, 1.82) is 0 Å². The van der Waals surface area contributed by atoms with Crippen LogP contribution in [0.15, 0.2) is 0 Å². The molecule has 0 amide bonds. The molecule has 78 valence electrons. The van der Waals surface area contributed by atoms with E-state index in [9.17, 15) is 0 Å². The van der Waals surface area contributed by atoms with E-state index in [2.05, 4.69) is 31.3 Å². The third-order valence-electron chi connectivity index (χ3n) is 3.42. The largest absolute Gasteiger partial charge is 0.313 e. The second-order valence-corrected chi connectivity index (χ2v) is 4.35. The molecule has 0 fully saturated rings. The zero-order valence-electron chi connectivity index (χ0n) is 9.46. The molecule has 1 N–H and O–H groups in total. The van der Waals surface area contributed by atoms with Crippen molar-refractivity contribution in [3.8, 4) is 0 Å². The lowest BCUT2D eigenvalue weighted by Crippen LogP contribution is -2.29. The van der Waals surface area contributed by atoms with Crippen molar-refractivity contribution in [2.24, 2.45) is 13.0 Å². The molecule has 2 atom stereocenters. The Labute approximate surface area is 85.5 Å². The Morgan fingerprint density at radius 2 is 2.21 bits per heavy atom. The van der Waals surface area contributed by atoms with Gasteiger partial charge in [0, 0.05) is 24.3 Å². The molecule has 0 saturated carbocycles. The fourth-order valence-corrected chi connectivity index (χ4v) is 2.67. The molecule has 0 aromatic carbocycles. The Hall–Kier alpha value is -0.830. The van der Waals surface area contributed by atoms with Gasteiger partial charge < -0.3 is 5.32 Å². The third-order valence-corrected chi connectivity index (χ3v) is 3.42. The van der Waals surface area contributed by atoms with Crippen molar-refractivity contribution in [1.82, 2.24) is 15.1 Å². The molecule has 0 spiro atoms. The van der Waals surface area contributed by atoms with Gasteiger partial charge in [0.15, 0.2) is 0 Å². The number of aryl methyl sites for hydroxylation is 2. The molecular weight excluding hydrogens is 174 g/mol. The SMILES string of the molecule is CNC1c2c(C)nn(C)c2CCC1C. The highest BCUT2D eigenvalue weighted by atomic mass is 15.3. The summed E-state index contributed by atoms with van der Waals surface area (Å²) in [4.78, 5) is 0. The van der Waals surface area contributed by atoms with Gasteiger partial charge in [-0.1, -0.05) is 6.92 Å². The third kappa shape index (κ3) is 1.27. The molecule has 1 heterocycles. The minimum absolute atomic E-state index is 0.493. The van der Waals surface area contributed by atoms with Gasteiger partial charge in [-0.05, 0) is 32.7 Å². The van der Waals surface area contributed by atoms with Gasteiger partial charge in [0.25, 0.3) is 0 Å². The lowest BCUT2D eigenvalue weighted by atomic mass is 9.83. The average Bonchev–Trinajstić information content (AvgIpc) is 2.43. The minimum atomic E-state index is 0.493. The van der Waals surface area contributed by atoms with E-state index in [0.717, 1.165) is 5.92 Å². The van der Waals surface area contributed by atoms with E-state index in [1.165, 1.54) is 29.8 Å². The van der Waals surface area contributed by atoms with Gasteiger partial charge in [-0.2, -0.15) is 5.10 Å². The smallest absolute Gasteiger partial charge is 0.0644 e. The summed E-state index contributed by atoms with van der Waals surface area (Å²) >= 11 is 0. The molecule has 0 aliphatic heterocycles. The van der Waals surface area contributed by atoms with Gasteiger partial charge in [-0.25, -0.2) is 0 Å². The van der Waals surface area contributed by atoms with Crippen LogP contribution in [-0.4, -0.2) is 16.8 Å². The average molecular weight is 193 g/mol. The Kier molecular flexibility index (Phi) is 2.35. The minimum Gasteiger partial charge on any atom is -0.313 e. The van der Waals surface area contributed by atoms with Gasteiger partial charge in [0.2, 0.25) is 0 Å². The maximum Gasteiger partial charge on any atom is 0.0644 e. The molecule has 2 rings (SSSR count). The zero-order valence-corrected chi connectivity index (χ0v) is 9.46. The quantitative estimate of drug-likeness (QED) is 0.733. The monoisotopic (exact) mass is 193 g/mol. The summed E-state index contributed by atoms with van der Waals surface area (Å²) in [7, 11) is 4.09. The molecule has 1 aliphatic rings. The highest BCUT2D eigenvalue weighted by Gasteiger charge is 2.29. The van der Waals surface area contributed by atoms with Crippen LogP contribution < -0.4 is 5.32 Å².